The van der Waals surface area contributed by atoms with E-state index in [2.05, 4.69) is 5.32 Å². The van der Waals surface area contributed by atoms with E-state index >= 15 is 0 Å². The van der Waals surface area contributed by atoms with Crippen LogP contribution in [0.25, 0.3) is 0 Å². The van der Waals surface area contributed by atoms with Gasteiger partial charge in [0.15, 0.2) is 0 Å². The van der Waals surface area contributed by atoms with Crippen molar-refractivity contribution < 1.29 is 45.8 Å². The number of halogens is 9. The summed E-state index contributed by atoms with van der Waals surface area (Å²) in [6, 6.07) is 0. The van der Waals surface area contributed by atoms with Crippen molar-refractivity contribution >= 4 is 0 Å². The number of unbranched alkanes of at least 4 members (excludes halogenated alkanes) is 1. The molecule has 0 aromatic carbocycles. The van der Waals surface area contributed by atoms with Crippen molar-refractivity contribution in [3.8, 4) is 0 Å². The molecule has 0 bridgehead atoms. The second kappa shape index (κ2) is 63.5. The van der Waals surface area contributed by atoms with E-state index in [-0.39, 0.29) is 0 Å². The van der Waals surface area contributed by atoms with Gasteiger partial charge in [0, 0.05) is 56.4 Å². The van der Waals surface area contributed by atoms with Crippen LogP contribution in [0.15, 0.2) is 0 Å². The van der Waals surface area contributed by atoms with Crippen LogP contribution >= 0.6 is 0 Å². The molecule has 0 aromatic heterocycles. The van der Waals surface area contributed by atoms with E-state index in [0.717, 1.165) is 32.4 Å². The standard InChI is InChI=1S/C8H19FN2O.4F2/c1-10-5-2-3-7-12-8-4-6-11-9;4*1-2/h10-11H,2-8H2,1H3;;;;. The fourth-order valence-corrected chi connectivity index (χ4v) is 0.849. The molecule has 0 saturated carbocycles. The largest absolute Gasteiger partial charge is 0.381 e. The molecule has 0 atom stereocenters. The molecule has 20 heavy (non-hydrogen) atoms. The average molecular weight is 330 g/mol. The summed E-state index contributed by atoms with van der Waals surface area (Å²) in [6.45, 7) is 2.86. The van der Waals surface area contributed by atoms with E-state index in [1.807, 2.05) is 7.05 Å². The third-order valence-electron chi connectivity index (χ3n) is 1.53. The number of rotatable bonds is 9. The summed E-state index contributed by atoms with van der Waals surface area (Å²) in [4.78, 5) is 0. The minimum Gasteiger partial charge on any atom is -0.381 e. The molecule has 0 saturated heterocycles. The first-order chi connectivity index (χ1) is 9.91. The minimum absolute atomic E-state index is 0.385. The summed E-state index contributed by atoms with van der Waals surface area (Å²) < 4.78 is 80.6. The quantitative estimate of drug-likeness (QED) is 0.377. The smallest absolute Gasteiger partial charge is 0.0479 e. The molecule has 0 unspecified atom stereocenters. The zero-order chi connectivity index (χ0) is 17.1. The molecular weight excluding hydrogens is 311 g/mol. The Morgan fingerprint density at radius 2 is 1.15 bits per heavy atom. The Balaban J connectivity index is -0.0000000799. The van der Waals surface area contributed by atoms with Gasteiger partial charge in [0.25, 0.3) is 0 Å². The molecule has 130 valence electrons. The van der Waals surface area contributed by atoms with E-state index in [0.29, 0.717) is 13.2 Å². The monoisotopic (exact) mass is 330 g/mol. The summed E-state index contributed by atoms with van der Waals surface area (Å²) >= 11 is 0. The van der Waals surface area contributed by atoms with Crippen LogP contribution in [0.5, 0.6) is 0 Å². The second-order valence-corrected chi connectivity index (χ2v) is 2.66. The van der Waals surface area contributed by atoms with Gasteiger partial charge in [-0.1, -0.05) is 0 Å². The lowest BCUT2D eigenvalue weighted by Gasteiger charge is -2.02. The lowest BCUT2D eigenvalue weighted by Crippen LogP contribution is -2.10. The zero-order valence-corrected chi connectivity index (χ0v) is 10.8. The summed E-state index contributed by atoms with van der Waals surface area (Å²) in [5.41, 5.74) is 1.59. The first kappa shape index (κ1) is 31.6. The van der Waals surface area contributed by atoms with Crippen LogP contribution in [0.2, 0.25) is 0 Å². The van der Waals surface area contributed by atoms with Crippen molar-refractivity contribution in [1.82, 2.24) is 10.9 Å². The highest BCUT2D eigenvalue weighted by molar-refractivity contribution is 4.42. The predicted octanol–water partition coefficient (Wildman–Crippen LogP) is 4.23. The maximum absolute atomic E-state index is 11.4. The molecule has 0 aliphatic carbocycles. The maximum atomic E-state index is 11.4. The van der Waals surface area contributed by atoms with Gasteiger partial charge in [-0.05, 0) is 32.9 Å². The number of hydrogen-bond donors (Lipinski definition) is 2. The van der Waals surface area contributed by atoms with Crippen molar-refractivity contribution in [3.05, 3.63) is 0 Å². The molecule has 0 aliphatic heterocycles. The van der Waals surface area contributed by atoms with Crippen molar-refractivity contribution in [3.63, 3.8) is 0 Å². The molecule has 12 heteroatoms. The van der Waals surface area contributed by atoms with Crippen molar-refractivity contribution in [2.75, 3.05) is 33.4 Å². The molecule has 0 spiro atoms. The second-order valence-electron chi connectivity index (χ2n) is 2.66. The van der Waals surface area contributed by atoms with E-state index < -0.39 is 0 Å². The third-order valence-corrected chi connectivity index (χ3v) is 1.53. The molecule has 0 fully saturated rings. The van der Waals surface area contributed by atoms with Gasteiger partial charge in [0.05, 0.1) is 0 Å². The summed E-state index contributed by atoms with van der Waals surface area (Å²) in [5, 5.41) is 3.06. The van der Waals surface area contributed by atoms with Gasteiger partial charge in [0.1, 0.15) is 0 Å². The van der Waals surface area contributed by atoms with E-state index in [1.54, 1.807) is 5.54 Å². The van der Waals surface area contributed by atoms with Crippen LogP contribution in [0, 0.1) is 0 Å². The lowest BCUT2D eigenvalue weighted by atomic mass is 10.3. The summed E-state index contributed by atoms with van der Waals surface area (Å²) in [7, 11) is 1.94. The number of ether oxygens (including phenoxy) is 1. The number of hydrogen-bond acceptors (Lipinski definition) is 3. The molecule has 3 nitrogen and oxygen atoms in total. The lowest BCUT2D eigenvalue weighted by molar-refractivity contribution is 0.108. The van der Waals surface area contributed by atoms with Crippen LogP contribution in [-0.2, 0) is 4.74 Å². The first-order valence-corrected chi connectivity index (χ1v) is 5.04. The van der Waals surface area contributed by atoms with Crippen LogP contribution in [0.3, 0.4) is 0 Å². The zero-order valence-electron chi connectivity index (χ0n) is 10.8. The van der Waals surface area contributed by atoms with Crippen molar-refractivity contribution in [2.24, 2.45) is 0 Å². The highest BCUT2D eigenvalue weighted by atomic mass is 20.0. The SMILES string of the molecule is CNCCCCOCCCNF.FF.FF.FF.FF. The molecule has 0 amide bonds. The van der Waals surface area contributed by atoms with Crippen molar-refractivity contribution in [1.29, 1.82) is 0 Å². The normalized spacial score (nSPS) is 7.50. The van der Waals surface area contributed by atoms with Crippen molar-refractivity contribution in [2.45, 2.75) is 19.3 Å². The Bertz CT molecular complexity index is 88.3. The summed E-state index contributed by atoms with van der Waals surface area (Å²) in [6.07, 6.45) is 2.95. The summed E-state index contributed by atoms with van der Waals surface area (Å²) in [5.74, 6) is 0. The van der Waals surface area contributed by atoms with Crippen LogP contribution in [-0.4, -0.2) is 33.4 Å². The van der Waals surface area contributed by atoms with Crippen LogP contribution in [0.4, 0.5) is 41.1 Å². The first-order valence-electron chi connectivity index (χ1n) is 5.04. The molecule has 2 N–H and O–H groups in total. The van der Waals surface area contributed by atoms with E-state index in [9.17, 15) is 4.48 Å². The fourth-order valence-electron chi connectivity index (χ4n) is 0.849. The predicted molar refractivity (Wildman–Crippen MR) is 56.6 cm³/mol. The van der Waals surface area contributed by atoms with Gasteiger partial charge in [-0.3, -0.25) is 0 Å². The van der Waals surface area contributed by atoms with Crippen LogP contribution < -0.4 is 10.9 Å². The molecule has 0 heterocycles. The third kappa shape index (κ3) is 66.9. The highest BCUT2D eigenvalue weighted by Crippen LogP contribution is 1.89. The van der Waals surface area contributed by atoms with E-state index in [1.165, 1.54) is 0 Å². The molecule has 0 aromatic rings. The Morgan fingerprint density at radius 3 is 1.55 bits per heavy atom. The van der Waals surface area contributed by atoms with Gasteiger partial charge in [-0.25, -0.2) is 0 Å². The Kier molecular flexibility index (Phi) is 100. The van der Waals surface area contributed by atoms with Gasteiger partial charge < -0.3 is 10.1 Å². The van der Waals surface area contributed by atoms with Gasteiger partial charge in [0.2, 0.25) is 0 Å². The minimum atomic E-state index is 0.385. The maximum Gasteiger partial charge on any atom is 0.0479 e. The Labute approximate surface area is 110 Å². The average Bonchev–Trinajstić information content (AvgIpc) is 2.57. The molecule has 0 radical (unpaired) electrons. The topological polar surface area (TPSA) is 33.3 Å². The molecule has 0 aliphatic rings. The van der Waals surface area contributed by atoms with Crippen LogP contribution in [0.1, 0.15) is 19.3 Å². The van der Waals surface area contributed by atoms with E-state index in [4.69, 9.17) is 41.3 Å². The fraction of sp³-hybridized carbons (Fsp3) is 1.00. The van der Waals surface area contributed by atoms with Gasteiger partial charge in [-0.15, -0.1) is 4.48 Å². The number of nitrogens with one attached hydrogen (secondary N) is 2. The highest BCUT2D eigenvalue weighted by Gasteiger charge is 1.89. The van der Waals surface area contributed by atoms with Gasteiger partial charge >= 0.3 is 0 Å². The molecular formula is C8H19F9N2O. The Morgan fingerprint density at radius 1 is 0.700 bits per heavy atom. The van der Waals surface area contributed by atoms with Gasteiger partial charge in [-0.2, -0.15) is 5.54 Å². The molecule has 0 rings (SSSR count). The Hall–Kier alpha value is -0.750.